The van der Waals surface area contributed by atoms with Gasteiger partial charge in [-0.1, -0.05) is 36.5 Å². The molecule has 0 spiro atoms. The molecule has 0 heterocycles. The van der Waals surface area contributed by atoms with E-state index in [0.717, 1.165) is 45.1 Å². The maximum Gasteiger partial charge on any atom is 0.156 e. The van der Waals surface area contributed by atoms with Gasteiger partial charge in [0.1, 0.15) is 5.60 Å². The van der Waals surface area contributed by atoms with Gasteiger partial charge in [0, 0.05) is 42.4 Å². The Balaban J connectivity index is 1.63. The van der Waals surface area contributed by atoms with Crippen molar-refractivity contribution in [2.75, 3.05) is 18.5 Å². The Morgan fingerprint density at radius 2 is 1.83 bits per heavy atom. The van der Waals surface area contributed by atoms with Crippen LogP contribution in [0.3, 0.4) is 0 Å². The first-order valence-electron chi connectivity index (χ1n) is 14.0. The van der Waals surface area contributed by atoms with Crippen molar-refractivity contribution in [3.8, 4) is 11.8 Å². The van der Waals surface area contributed by atoms with Crippen LogP contribution in [0.5, 0.6) is 0 Å². The quantitative estimate of drug-likeness (QED) is 0.478. The summed E-state index contributed by atoms with van der Waals surface area (Å²) >= 11 is 0. The Morgan fingerprint density at radius 1 is 1.11 bits per heavy atom. The number of fused-ring (bicyclic) bond motifs is 4. The van der Waals surface area contributed by atoms with Gasteiger partial charge in [0.15, 0.2) is 5.78 Å². The summed E-state index contributed by atoms with van der Waals surface area (Å²) in [5.74, 6) is 8.25. The highest BCUT2D eigenvalue weighted by Crippen LogP contribution is 2.66. The van der Waals surface area contributed by atoms with Crippen LogP contribution in [0.4, 0.5) is 5.69 Å². The topological polar surface area (TPSA) is 40.5 Å². The third kappa shape index (κ3) is 4.16. The largest absolute Gasteiger partial charge is 0.377 e. The van der Waals surface area contributed by atoms with Crippen molar-refractivity contribution in [3.63, 3.8) is 0 Å². The van der Waals surface area contributed by atoms with Crippen LogP contribution < -0.4 is 4.90 Å². The standard InChI is InChI=1S/C33H43NO2/c1-7-34(6)24-11-8-22(9-12-24)28-21-32(5)29(16-17-33(32,36)19-18-31(2,3)4)27-14-10-23-20-25(35)13-15-26(23)30(27)28/h8-9,11-12,20,27-29,36H,7,10,13-17,21H2,1-6H3/t27-,28+,29-,32-,33+/m0/s1. The Hall–Kier alpha value is -2.31. The molecular formula is C33H43NO2. The lowest BCUT2D eigenvalue weighted by Gasteiger charge is -2.53. The molecular weight excluding hydrogens is 442 g/mol. The normalized spacial score (nSPS) is 33.7. The van der Waals surface area contributed by atoms with Gasteiger partial charge in [0.05, 0.1) is 0 Å². The molecule has 3 nitrogen and oxygen atoms in total. The molecule has 1 N–H and O–H groups in total. The molecule has 36 heavy (non-hydrogen) atoms. The van der Waals surface area contributed by atoms with E-state index in [1.807, 2.05) is 6.08 Å². The van der Waals surface area contributed by atoms with E-state index in [-0.39, 0.29) is 22.5 Å². The summed E-state index contributed by atoms with van der Waals surface area (Å²) in [4.78, 5) is 14.5. The second-order valence-electron chi connectivity index (χ2n) is 13.0. The maximum absolute atomic E-state index is 12.3. The average molecular weight is 486 g/mol. The van der Waals surface area contributed by atoms with Gasteiger partial charge in [-0.3, -0.25) is 4.79 Å². The monoisotopic (exact) mass is 485 g/mol. The minimum Gasteiger partial charge on any atom is -0.377 e. The predicted octanol–water partition coefficient (Wildman–Crippen LogP) is 6.82. The van der Waals surface area contributed by atoms with Crippen molar-refractivity contribution >= 4 is 11.5 Å². The van der Waals surface area contributed by atoms with E-state index in [1.54, 1.807) is 5.57 Å². The van der Waals surface area contributed by atoms with Gasteiger partial charge in [-0.25, -0.2) is 0 Å². The zero-order valence-corrected chi connectivity index (χ0v) is 23.1. The fourth-order valence-electron chi connectivity index (χ4n) is 7.60. The summed E-state index contributed by atoms with van der Waals surface area (Å²) in [6.07, 6.45) is 8.20. The molecule has 2 fully saturated rings. The first-order valence-corrected chi connectivity index (χ1v) is 14.0. The zero-order valence-electron chi connectivity index (χ0n) is 23.1. The lowest BCUT2D eigenvalue weighted by Crippen LogP contribution is -2.51. The second kappa shape index (κ2) is 8.91. The third-order valence-corrected chi connectivity index (χ3v) is 9.74. The third-order valence-electron chi connectivity index (χ3n) is 9.74. The molecule has 0 unspecified atom stereocenters. The summed E-state index contributed by atoms with van der Waals surface area (Å²) in [5.41, 5.74) is 5.55. The van der Waals surface area contributed by atoms with Gasteiger partial charge in [-0.05, 0) is 113 Å². The molecule has 5 rings (SSSR count). The molecule has 5 atom stereocenters. The highest BCUT2D eigenvalue weighted by molar-refractivity contribution is 5.93. The van der Waals surface area contributed by atoms with Crippen LogP contribution >= 0.6 is 0 Å². The molecule has 0 radical (unpaired) electrons. The number of carbonyl (C=O) groups excluding carboxylic acids is 1. The summed E-state index contributed by atoms with van der Waals surface area (Å²) in [7, 11) is 2.13. The number of carbonyl (C=O) groups is 1. The molecule has 192 valence electrons. The Kier molecular flexibility index (Phi) is 6.27. The van der Waals surface area contributed by atoms with Crippen LogP contribution in [-0.2, 0) is 4.79 Å². The number of benzene rings is 1. The van der Waals surface area contributed by atoms with Crippen LogP contribution in [-0.4, -0.2) is 30.1 Å². The van der Waals surface area contributed by atoms with Crippen LogP contribution in [0, 0.1) is 34.5 Å². The molecule has 3 heteroatoms. The Morgan fingerprint density at radius 3 is 2.50 bits per heavy atom. The van der Waals surface area contributed by atoms with Crippen LogP contribution in [0.15, 0.2) is 47.1 Å². The van der Waals surface area contributed by atoms with Gasteiger partial charge in [0.25, 0.3) is 0 Å². The van der Waals surface area contributed by atoms with E-state index < -0.39 is 5.60 Å². The molecule has 1 aromatic rings. The summed E-state index contributed by atoms with van der Waals surface area (Å²) in [6, 6.07) is 9.11. The smallest absolute Gasteiger partial charge is 0.156 e. The van der Waals surface area contributed by atoms with E-state index in [4.69, 9.17) is 0 Å². The summed E-state index contributed by atoms with van der Waals surface area (Å²) < 4.78 is 0. The number of allylic oxidation sites excluding steroid dienone is 4. The second-order valence-corrected chi connectivity index (χ2v) is 13.0. The minimum absolute atomic E-state index is 0.133. The van der Waals surface area contributed by atoms with E-state index in [0.29, 0.717) is 18.3 Å². The predicted molar refractivity (Wildman–Crippen MR) is 148 cm³/mol. The van der Waals surface area contributed by atoms with Crippen molar-refractivity contribution in [1.82, 2.24) is 0 Å². The van der Waals surface area contributed by atoms with Crippen molar-refractivity contribution in [2.45, 2.75) is 91.1 Å². The lowest BCUT2D eigenvalue weighted by molar-refractivity contribution is -0.114. The summed E-state index contributed by atoms with van der Waals surface area (Å²) in [5, 5.41) is 12.1. The number of hydrogen-bond acceptors (Lipinski definition) is 3. The van der Waals surface area contributed by atoms with E-state index in [9.17, 15) is 9.90 Å². The van der Waals surface area contributed by atoms with Crippen molar-refractivity contribution in [3.05, 3.63) is 52.6 Å². The maximum atomic E-state index is 12.3. The molecule has 4 aliphatic rings. The van der Waals surface area contributed by atoms with Gasteiger partial charge in [0.2, 0.25) is 0 Å². The molecule has 0 aromatic heterocycles. The average Bonchev–Trinajstić information content (AvgIpc) is 3.11. The van der Waals surface area contributed by atoms with Gasteiger partial charge < -0.3 is 10.0 Å². The van der Waals surface area contributed by atoms with E-state index >= 15 is 0 Å². The van der Waals surface area contributed by atoms with E-state index in [2.05, 4.69) is 82.7 Å². The fraction of sp³-hybridized carbons (Fsp3) is 0.606. The fourth-order valence-corrected chi connectivity index (χ4v) is 7.60. The van der Waals surface area contributed by atoms with E-state index in [1.165, 1.54) is 22.4 Å². The molecule has 0 saturated heterocycles. The van der Waals surface area contributed by atoms with Gasteiger partial charge in [-0.2, -0.15) is 0 Å². The lowest BCUT2D eigenvalue weighted by atomic mass is 9.51. The first-order chi connectivity index (χ1) is 17.0. The zero-order chi connectivity index (χ0) is 25.9. The number of rotatable bonds is 3. The number of ketones is 1. The summed E-state index contributed by atoms with van der Waals surface area (Å²) in [6.45, 7) is 11.8. The number of nitrogens with zero attached hydrogens (tertiary/aromatic N) is 1. The Labute approximate surface area is 218 Å². The van der Waals surface area contributed by atoms with Crippen LogP contribution in [0.2, 0.25) is 0 Å². The minimum atomic E-state index is -0.958. The van der Waals surface area contributed by atoms with Crippen molar-refractivity contribution < 1.29 is 9.90 Å². The first kappa shape index (κ1) is 25.3. The van der Waals surface area contributed by atoms with Gasteiger partial charge in [-0.15, -0.1) is 0 Å². The molecule has 0 amide bonds. The molecule has 2 saturated carbocycles. The van der Waals surface area contributed by atoms with Crippen molar-refractivity contribution in [2.24, 2.45) is 22.7 Å². The highest BCUT2D eigenvalue weighted by atomic mass is 16.3. The highest BCUT2D eigenvalue weighted by Gasteiger charge is 2.62. The molecule has 0 bridgehead atoms. The number of hydrogen-bond donors (Lipinski definition) is 1. The molecule has 0 aliphatic heterocycles. The molecule has 4 aliphatic carbocycles. The van der Waals surface area contributed by atoms with Gasteiger partial charge >= 0.3 is 0 Å². The van der Waals surface area contributed by atoms with Crippen LogP contribution in [0.1, 0.15) is 91.0 Å². The van der Waals surface area contributed by atoms with Crippen molar-refractivity contribution in [1.29, 1.82) is 0 Å². The van der Waals surface area contributed by atoms with Crippen LogP contribution in [0.25, 0.3) is 0 Å². The SMILES string of the molecule is CCN(C)c1ccc([C@H]2C[C@@]3(C)[C@@H](CC[C@@]3(O)C#CC(C)(C)C)[C@@H]3CCC4=CC(=O)CCC4=C32)cc1. The molecule has 1 aromatic carbocycles. The Bertz CT molecular complexity index is 1170. The number of aliphatic hydroxyl groups is 1. The number of anilines is 1.